The molecule has 88 valence electrons. The van der Waals surface area contributed by atoms with E-state index in [1.165, 1.54) is 16.8 Å². The van der Waals surface area contributed by atoms with E-state index in [2.05, 4.69) is 4.98 Å². The summed E-state index contributed by atoms with van der Waals surface area (Å²) in [5.74, 6) is 0.136. The highest BCUT2D eigenvalue weighted by Crippen LogP contribution is 2.29. The zero-order valence-corrected chi connectivity index (χ0v) is 8.54. The van der Waals surface area contributed by atoms with Crippen molar-refractivity contribution in [3.8, 4) is 0 Å². The molecule has 1 aliphatic heterocycles. The van der Waals surface area contributed by atoms with Gasteiger partial charge in [0.15, 0.2) is 0 Å². The van der Waals surface area contributed by atoms with Crippen LogP contribution in [0.2, 0.25) is 0 Å². The van der Waals surface area contributed by atoms with Crippen molar-refractivity contribution in [2.45, 2.75) is 18.2 Å². The Morgan fingerprint density at radius 1 is 1.75 bits per heavy atom. The molecule has 4 N–H and O–H groups in total. The summed E-state index contributed by atoms with van der Waals surface area (Å²) in [4.78, 5) is 15.0. The summed E-state index contributed by atoms with van der Waals surface area (Å²) in [5, 5.41) is 18.7. The number of hydrogen-bond donors (Lipinski definition) is 3. The number of aromatic nitrogens is 2. The smallest absolute Gasteiger partial charge is 0.351 e. The number of nitrogens with zero attached hydrogens (tertiary/aromatic N) is 2. The third kappa shape index (κ3) is 1.92. The number of aliphatic hydroxyl groups excluding tert-OH is 1. The average Bonchev–Trinajstić information content (AvgIpc) is 2.62. The summed E-state index contributed by atoms with van der Waals surface area (Å²) in [6.07, 6.45) is 0.991. The molecule has 7 heteroatoms. The van der Waals surface area contributed by atoms with E-state index in [4.69, 9.17) is 15.6 Å². The predicted molar refractivity (Wildman–Crippen MR) is 54.6 cm³/mol. The van der Waals surface area contributed by atoms with Crippen LogP contribution in [0, 0.1) is 0 Å². The van der Waals surface area contributed by atoms with E-state index in [0.29, 0.717) is 0 Å². The lowest BCUT2D eigenvalue weighted by atomic mass is 10.0. The van der Waals surface area contributed by atoms with Gasteiger partial charge in [-0.15, -0.1) is 0 Å². The molecule has 2 heterocycles. The highest BCUT2D eigenvalue weighted by molar-refractivity contribution is 5.23. The van der Waals surface area contributed by atoms with E-state index >= 15 is 0 Å². The molecule has 1 aromatic rings. The molecule has 0 aromatic carbocycles. The Hall–Kier alpha value is -1.44. The monoisotopic (exact) mass is 227 g/mol. The van der Waals surface area contributed by atoms with Gasteiger partial charge in [-0.1, -0.05) is 0 Å². The molecule has 2 atom stereocenters. The number of ether oxygens (including phenoxy) is 1. The molecule has 1 fully saturated rings. The second-order valence-electron chi connectivity index (χ2n) is 3.89. The molecule has 1 saturated heterocycles. The van der Waals surface area contributed by atoms with E-state index in [1.54, 1.807) is 0 Å². The first-order valence-corrected chi connectivity index (χ1v) is 4.84. The molecule has 1 aliphatic rings. The number of aliphatic hydroxyl groups is 2. The van der Waals surface area contributed by atoms with Crippen molar-refractivity contribution >= 4 is 5.82 Å². The minimum absolute atomic E-state index is 0.00895. The molecule has 1 aromatic heterocycles. The molecule has 2 rings (SSSR count). The third-order valence-corrected chi connectivity index (χ3v) is 2.56. The van der Waals surface area contributed by atoms with Crippen LogP contribution in [-0.2, 0) is 4.74 Å². The minimum atomic E-state index is -1.29. The lowest BCUT2D eigenvalue weighted by Gasteiger charge is -2.16. The number of rotatable bonds is 2. The van der Waals surface area contributed by atoms with Crippen LogP contribution >= 0.6 is 0 Å². The molecule has 0 bridgehead atoms. The normalized spacial score (nSPS) is 29.5. The van der Waals surface area contributed by atoms with E-state index in [0.717, 1.165) is 0 Å². The average molecular weight is 227 g/mol. The van der Waals surface area contributed by atoms with E-state index < -0.39 is 24.1 Å². The van der Waals surface area contributed by atoms with Gasteiger partial charge in [-0.25, -0.2) is 4.79 Å². The van der Waals surface area contributed by atoms with Gasteiger partial charge in [-0.3, -0.25) is 4.57 Å². The Bertz CT molecular complexity index is 447. The Morgan fingerprint density at radius 2 is 2.50 bits per heavy atom. The Labute approximate surface area is 91.1 Å². The predicted octanol–water partition coefficient (Wildman–Crippen LogP) is -1.53. The van der Waals surface area contributed by atoms with Gasteiger partial charge in [0.25, 0.3) is 0 Å². The largest absolute Gasteiger partial charge is 0.393 e. The molecular formula is C9H13N3O4. The van der Waals surface area contributed by atoms with Gasteiger partial charge in [-0.05, 0) is 6.07 Å². The van der Waals surface area contributed by atoms with Crippen molar-refractivity contribution in [1.29, 1.82) is 0 Å². The summed E-state index contributed by atoms with van der Waals surface area (Å²) in [5.41, 5.74) is 3.53. The van der Waals surface area contributed by atoms with E-state index in [1.807, 2.05) is 0 Å². The third-order valence-electron chi connectivity index (χ3n) is 2.56. The quantitative estimate of drug-likeness (QED) is 0.565. The van der Waals surface area contributed by atoms with Crippen molar-refractivity contribution in [3.63, 3.8) is 0 Å². The van der Waals surface area contributed by atoms with Crippen molar-refractivity contribution < 1.29 is 14.9 Å². The maximum Gasteiger partial charge on any atom is 0.351 e. The van der Waals surface area contributed by atoms with Gasteiger partial charge >= 0.3 is 5.69 Å². The van der Waals surface area contributed by atoms with Crippen LogP contribution < -0.4 is 11.4 Å². The maximum absolute atomic E-state index is 11.5. The van der Waals surface area contributed by atoms with Gasteiger partial charge in [-0.2, -0.15) is 4.98 Å². The second kappa shape index (κ2) is 3.85. The van der Waals surface area contributed by atoms with Crippen LogP contribution in [0.5, 0.6) is 0 Å². The maximum atomic E-state index is 11.5. The summed E-state index contributed by atoms with van der Waals surface area (Å²) < 4.78 is 6.48. The highest BCUT2D eigenvalue weighted by atomic mass is 16.5. The SMILES string of the molecule is Nc1ccn([C@H]2C[C@@](O)(CO)CO2)c(=O)n1. The number of nitrogens with two attached hydrogens (primary N) is 1. The zero-order chi connectivity index (χ0) is 11.8. The van der Waals surface area contributed by atoms with Crippen molar-refractivity contribution in [2.75, 3.05) is 18.9 Å². The minimum Gasteiger partial charge on any atom is -0.393 e. The van der Waals surface area contributed by atoms with Crippen molar-refractivity contribution in [2.24, 2.45) is 0 Å². The van der Waals surface area contributed by atoms with E-state index in [9.17, 15) is 9.90 Å². The summed E-state index contributed by atoms with van der Waals surface area (Å²) in [6.45, 7) is -0.411. The van der Waals surface area contributed by atoms with Crippen LogP contribution in [0.15, 0.2) is 17.1 Å². The Morgan fingerprint density at radius 3 is 3.06 bits per heavy atom. The fraction of sp³-hybridized carbons (Fsp3) is 0.556. The molecule has 0 amide bonds. The van der Waals surface area contributed by atoms with Crippen LogP contribution in [0.4, 0.5) is 5.82 Å². The van der Waals surface area contributed by atoms with E-state index in [-0.39, 0.29) is 18.8 Å². The number of anilines is 1. The molecule has 0 saturated carbocycles. The summed E-state index contributed by atoms with van der Waals surface area (Å²) in [7, 11) is 0. The number of hydrogen-bond acceptors (Lipinski definition) is 6. The first kappa shape index (κ1) is 11.1. The van der Waals surface area contributed by atoms with Gasteiger partial charge in [0.2, 0.25) is 0 Å². The highest BCUT2D eigenvalue weighted by Gasteiger charge is 2.39. The Kier molecular flexibility index (Phi) is 2.66. The van der Waals surface area contributed by atoms with Gasteiger partial charge in [0.05, 0.1) is 13.2 Å². The van der Waals surface area contributed by atoms with Crippen LogP contribution in [0.25, 0.3) is 0 Å². The lowest BCUT2D eigenvalue weighted by molar-refractivity contribution is -0.0239. The lowest BCUT2D eigenvalue weighted by Crippen LogP contribution is -2.34. The zero-order valence-electron chi connectivity index (χ0n) is 8.54. The van der Waals surface area contributed by atoms with Crippen molar-refractivity contribution in [3.05, 3.63) is 22.7 Å². The van der Waals surface area contributed by atoms with Gasteiger partial charge in [0, 0.05) is 12.6 Å². The summed E-state index contributed by atoms with van der Waals surface area (Å²) >= 11 is 0. The van der Waals surface area contributed by atoms with Gasteiger partial charge < -0.3 is 20.7 Å². The van der Waals surface area contributed by atoms with Crippen molar-refractivity contribution in [1.82, 2.24) is 9.55 Å². The van der Waals surface area contributed by atoms with Crippen LogP contribution in [0.3, 0.4) is 0 Å². The Balaban J connectivity index is 2.24. The standard InChI is InChI=1S/C9H13N3O4/c10-6-1-2-12(8(14)11-6)7-3-9(15,4-13)5-16-7/h1-2,7,13,15H,3-5H2,(H2,10,11,14)/t7-,9-/m1/s1. The molecule has 16 heavy (non-hydrogen) atoms. The molecular weight excluding hydrogens is 214 g/mol. The fourth-order valence-electron chi connectivity index (χ4n) is 1.63. The first-order chi connectivity index (χ1) is 7.54. The topological polar surface area (TPSA) is 111 Å². The molecule has 0 spiro atoms. The number of nitrogen functional groups attached to an aromatic ring is 1. The summed E-state index contributed by atoms with van der Waals surface area (Å²) in [6, 6.07) is 1.47. The molecule has 0 unspecified atom stereocenters. The van der Waals surface area contributed by atoms with Crippen LogP contribution in [-0.4, -0.2) is 38.6 Å². The van der Waals surface area contributed by atoms with Crippen LogP contribution in [0.1, 0.15) is 12.6 Å². The van der Waals surface area contributed by atoms with Gasteiger partial charge in [0.1, 0.15) is 17.6 Å². The molecule has 0 radical (unpaired) electrons. The second-order valence-corrected chi connectivity index (χ2v) is 3.89. The molecule has 7 nitrogen and oxygen atoms in total. The first-order valence-electron chi connectivity index (χ1n) is 4.84. The molecule has 0 aliphatic carbocycles. The fourth-order valence-corrected chi connectivity index (χ4v) is 1.63.